The molecule has 4 aromatic heterocycles. The van der Waals surface area contributed by atoms with Crippen LogP contribution in [0.4, 0.5) is 0 Å². The highest BCUT2D eigenvalue weighted by molar-refractivity contribution is 5.98. The lowest BCUT2D eigenvalue weighted by atomic mass is 10.0. The SMILES string of the molecule is NCCCC[C@H](NC(=O)[C@H](Cc1ccc(O)cc1)NC(=O)[C@H](Cc1cnc[nH]1)NC(=O)[C@H](Cc1ccc(O)cc1)NC(=O)[C@@H](N)Cc1cnc[nH]1)C(=O)N[C@@H](Cc1cnc[nH]1)C(=O)N[C@@H](Cc1ccc(O)cc1)C(=O)N[C@@H](Cc1cnc[nH]1)C(=O)O. The molecule has 0 unspecified atom stereocenters. The fourth-order valence-corrected chi connectivity index (χ4v) is 9.10. The van der Waals surface area contributed by atoms with Gasteiger partial charge >= 0.3 is 5.97 Å². The van der Waals surface area contributed by atoms with Crippen LogP contribution in [0.2, 0.25) is 0 Å². The number of nitrogens with one attached hydrogen (secondary N) is 11. The summed E-state index contributed by atoms with van der Waals surface area (Å²) in [7, 11) is 0. The molecule has 0 fully saturated rings. The standard InChI is InChI=1S/C57H69N17O12/c58-16-2-1-3-43(51(79)72-47(21-36-25-61-29-65-36)55(83)71-46(19-34-8-14-41(77)15-9-34)54(82)74-49(57(85)86)23-38-27-63-31-67-38)68-52(80)45(18-33-6-12-40(76)13-7-33)70-56(84)48(22-37-26-62-30-66-37)73-53(81)44(17-32-4-10-39(75)11-5-32)69-50(78)42(59)20-35-24-60-28-64-35/h4-15,24-31,42-49,75-77H,1-3,16-23,58-59H2,(H,60,64)(H,61,65)(H,62,66)(H,63,67)(H,68,80)(H,69,78)(H,70,84)(H,71,83)(H,72,79)(H,73,81)(H,74,82)(H,85,86)/t42-,43-,44-,45-,46-,47-,48-,49-/m0/s1. The molecule has 86 heavy (non-hydrogen) atoms. The number of aromatic hydroxyl groups is 3. The number of carbonyl (C=O) groups is 8. The first-order chi connectivity index (χ1) is 41.4. The number of hydrogen-bond acceptors (Lipinski definition) is 17. The van der Waals surface area contributed by atoms with Crippen molar-refractivity contribution in [3.05, 3.63) is 162 Å². The lowest BCUT2D eigenvalue weighted by molar-refractivity contribution is -0.142. The van der Waals surface area contributed by atoms with Crippen molar-refractivity contribution in [3.63, 3.8) is 0 Å². The van der Waals surface area contributed by atoms with E-state index in [-0.39, 0.29) is 81.6 Å². The molecule has 29 nitrogen and oxygen atoms in total. The van der Waals surface area contributed by atoms with E-state index in [1.54, 1.807) is 12.1 Å². The zero-order valence-electron chi connectivity index (χ0n) is 46.4. The van der Waals surface area contributed by atoms with Crippen LogP contribution in [0.25, 0.3) is 0 Å². The van der Waals surface area contributed by atoms with Crippen molar-refractivity contribution in [3.8, 4) is 17.2 Å². The van der Waals surface area contributed by atoms with Gasteiger partial charge in [-0.3, -0.25) is 33.6 Å². The minimum Gasteiger partial charge on any atom is -0.508 e. The van der Waals surface area contributed by atoms with Gasteiger partial charge in [0.1, 0.15) is 59.5 Å². The number of phenolic OH excluding ortho intramolecular Hbond substituents is 3. The number of benzene rings is 3. The van der Waals surface area contributed by atoms with E-state index < -0.39 is 95.7 Å². The average Bonchev–Trinajstić information content (AvgIpc) is 4.52. The van der Waals surface area contributed by atoms with Crippen molar-refractivity contribution in [2.45, 2.75) is 113 Å². The zero-order valence-corrected chi connectivity index (χ0v) is 46.4. The number of aromatic nitrogens is 8. The number of nitrogens with two attached hydrogens (primary N) is 2. The molecule has 0 saturated carbocycles. The maximum atomic E-state index is 14.9. The Kier molecular flexibility index (Phi) is 23.0. The summed E-state index contributed by atoms with van der Waals surface area (Å²) in [5, 5.41) is 59.0. The van der Waals surface area contributed by atoms with E-state index in [4.69, 9.17) is 11.5 Å². The van der Waals surface area contributed by atoms with E-state index in [1.807, 2.05) is 0 Å². The number of imidazole rings is 4. The minimum atomic E-state index is -1.50. The van der Waals surface area contributed by atoms with Crippen LogP contribution in [0.15, 0.2) is 123 Å². The Morgan fingerprint density at radius 1 is 0.384 bits per heavy atom. The number of aromatic amines is 4. The van der Waals surface area contributed by atoms with Crippen molar-refractivity contribution in [1.29, 1.82) is 0 Å². The van der Waals surface area contributed by atoms with Gasteiger partial charge in [0.05, 0.1) is 31.4 Å². The van der Waals surface area contributed by atoms with Gasteiger partial charge in [-0.05, 0) is 78.9 Å². The summed E-state index contributed by atoms with van der Waals surface area (Å²) in [4.78, 5) is 141. The summed E-state index contributed by atoms with van der Waals surface area (Å²) in [6.45, 7) is 0.211. The highest BCUT2D eigenvalue weighted by Crippen LogP contribution is 2.17. The number of phenols is 3. The number of carbonyl (C=O) groups excluding carboxylic acids is 7. The number of H-pyrrole nitrogens is 4. The predicted molar refractivity (Wildman–Crippen MR) is 307 cm³/mol. The summed E-state index contributed by atoms with van der Waals surface area (Å²) in [5.41, 5.74) is 15.3. The fraction of sp³-hybridized carbons (Fsp3) is 0.333. The molecule has 0 aliphatic carbocycles. The number of aliphatic carboxylic acids is 1. The quantitative estimate of drug-likeness (QED) is 0.0211. The van der Waals surface area contributed by atoms with Gasteiger partial charge in [-0.1, -0.05) is 36.4 Å². The first-order valence-electron chi connectivity index (χ1n) is 27.4. The molecule has 7 aromatic rings. The van der Waals surface area contributed by atoms with Crippen molar-refractivity contribution >= 4 is 47.3 Å². The molecule has 0 aliphatic rings. The first kappa shape index (κ1) is 63.2. The number of carboxylic acids is 1. The third-order valence-electron chi connectivity index (χ3n) is 13.8. The summed E-state index contributed by atoms with van der Waals surface area (Å²) >= 11 is 0. The smallest absolute Gasteiger partial charge is 0.326 e. The Morgan fingerprint density at radius 3 is 0.977 bits per heavy atom. The van der Waals surface area contributed by atoms with Crippen LogP contribution < -0.4 is 48.7 Å². The Balaban J connectivity index is 1.14. The predicted octanol–water partition coefficient (Wildman–Crippen LogP) is -1.37. The number of nitrogens with zero attached hydrogens (tertiary/aromatic N) is 4. The molecule has 0 spiro atoms. The van der Waals surface area contributed by atoms with Gasteiger partial charge in [0.15, 0.2) is 0 Å². The van der Waals surface area contributed by atoms with Gasteiger partial charge in [0.25, 0.3) is 0 Å². The lowest BCUT2D eigenvalue weighted by Gasteiger charge is -2.28. The van der Waals surface area contributed by atoms with Gasteiger partial charge in [-0.25, -0.2) is 24.7 Å². The van der Waals surface area contributed by atoms with Crippen LogP contribution >= 0.6 is 0 Å². The third-order valence-corrected chi connectivity index (χ3v) is 13.8. The second-order valence-electron chi connectivity index (χ2n) is 20.4. The van der Waals surface area contributed by atoms with Crippen molar-refractivity contribution < 1.29 is 58.8 Å². The van der Waals surface area contributed by atoms with E-state index in [9.17, 15) is 58.8 Å². The molecule has 7 amide bonds. The number of rotatable bonds is 33. The lowest BCUT2D eigenvalue weighted by Crippen LogP contribution is -2.61. The fourth-order valence-electron chi connectivity index (χ4n) is 9.10. The van der Waals surface area contributed by atoms with Crippen LogP contribution in [0.5, 0.6) is 17.2 Å². The molecule has 19 N–H and O–H groups in total. The number of carboxylic acid groups (broad SMARTS) is 1. The number of unbranched alkanes of at least 4 members (excludes halogenated alkanes) is 1. The van der Waals surface area contributed by atoms with Gasteiger partial charge in [-0.2, -0.15) is 0 Å². The summed E-state index contributed by atoms with van der Waals surface area (Å²) in [6, 6.07) is 6.16. The molecule has 8 atom stereocenters. The topological polar surface area (TPSA) is 468 Å². The van der Waals surface area contributed by atoms with Crippen LogP contribution in [0, 0.1) is 0 Å². The monoisotopic (exact) mass is 1180 g/mol. The second-order valence-corrected chi connectivity index (χ2v) is 20.4. The van der Waals surface area contributed by atoms with Gasteiger partial charge < -0.3 is 89.0 Å². The van der Waals surface area contributed by atoms with E-state index in [0.29, 0.717) is 45.9 Å². The van der Waals surface area contributed by atoms with Crippen LogP contribution in [0.3, 0.4) is 0 Å². The van der Waals surface area contributed by atoms with E-state index >= 15 is 0 Å². The normalized spacial score (nSPS) is 13.9. The molecule has 454 valence electrons. The molecule has 4 heterocycles. The Morgan fingerprint density at radius 2 is 0.663 bits per heavy atom. The summed E-state index contributed by atoms with van der Waals surface area (Å²) < 4.78 is 0. The van der Waals surface area contributed by atoms with Crippen LogP contribution in [-0.2, 0) is 83.3 Å². The molecule has 0 saturated heterocycles. The Labute approximate surface area is 491 Å². The summed E-state index contributed by atoms with van der Waals surface area (Å²) in [6.07, 6.45) is 10.7. The maximum absolute atomic E-state index is 14.9. The number of hydrogen-bond donors (Lipinski definition) is 17. The van der Waals surface area contributed by atoms with Gasteiger partial charge in [0.2, 0.25) is 41.4 Å². The molecule has 3 aromatic carbocycles. The second kappa shape index (κ2) is 31.3. The van der Waals surface area contributed by atoms with E-state index in [2.05, 4.69) is 77.1 Å². The van der Waals surface area contributed by atoms with Gasteiger partial charge in [-0.15, -0.1) is 0 Å². The average molecular weight is 1180 g/mol. The highest BCUT2D eigenvalue weighted by Gasteiger charge is 2.36. The van der Waals surface area contributed by atoms with Crippen LogP contribution in [0.1, 0.15) is 58.7 Å². The number of amides is 7. The third kappa shape index (κ3) is 19.6. The molecule has 29 heteroatoms. The molecule has 0 radical (unpaired) electrons. The molecule has 0 bridgehead atoms. The maximum Gasteiger partial charge on any atom is 0.326 e. The molecular weight excluding hydrogens is 1110 g/mol. The minimum absolute atomic E-state index is 0.0377. The first-order valence-corrected chi connectivity index (χ1v) is 27.4. The van der Waals surface area contributed by atoms with Crippen molar-refractivity contribution in [2.75, 3.05) is 6.54 Å². The molecule has 7 rings (SSSR count). The Bertz CT molecular complexity index is 3290. The molecular formula is C57H69N17O12. The molecule has 0 aliphatic heterocycles. The Hall–Kier alpha value is -10.4. The van der Waals surface area contributed by atoms with Crippen molar-refractivity contribution in [2.24, 2.45) is 11.5 Å². The van der Waals surface area contributed by atoms with Gasteiger partial charge in [0, 0.05) is 92.5 Å². The van der Waals surface area contributed by atoms with E-state index in [0.717, 1.165) is 0 Å². The van der Waals surface area contributed by atoms with Crippen molar-refractivity contribution in [1.82, 2.24) is 77.1 Å². The highest BCUT2D eigenvalue weighted by atomic mass is 16.4. The van der Waals surface area contributed by atoms with E-state index in [1.165, 1.54) is 111 Å². The largest absolute Gasteiger partial charge is 0.508 e. The summed E-state index contributed by atoms with van der Waals surface area (Å²) in [5.74, 6) is -7.57. The van der Waals surface area contributed by atoms with Crippen LogP contribution in [-0.4, -0.2) is 162 Å². The zero-order chi connectivity index (χ0) is 61.5.